The van der Waals surface area contributed by atoms with E-state index in [0.717, 1.165) is 25.7 Å². The first-order valence-electron chi connectivity index (χ1n) is 6.54. The van der Waals surface area contributed by atoms with Gasteiger partial charge in [-0.3, -0.25) is 4.79 Å². The molecule has 1 unspecified atom stereocenters. The summed E-state index contributed by atoms with van der Waals surface area (Å²) < 4.78 is 5.62. The zero-order chi connectivity index (χ0) is 12.8. The molecule has 2 heteroatoms. The maximum Gasteiger partial charge on any atom is 0.311 e. The predicted octanol–water partition coefficient (Wildman–Crippen LogP) is 4.18. The van der Waals surface area contributed by atoms with Crippen LogP contribution in [-0.4, -0.2) is 12.1 Å². The molecule has 0 N–H and O–H groups in total. The molecule has 2 nitrogen and oxygen atoms in total. The van der Waals surface area contributed by atoms with E-state index in [9.17, 15) is 4.79 Å². The highest BCUT2D eigenvalue weighted by Gasteiger charge is 2.29. The topological polar surface area (TPSA) is 26.3 Å². The Labute approximate surface area is 101 Å². The second-order valence-electron chi connectivity index (χ2n) is 5.68. The van der Waals surface area contributed by atoms with Crippen LogP contribution in [0.3, 0.4) is 0 Å². The van der Waals surface area contributed by atoms with Crippen LogP contribution in [0, 0.1) is 11.3 Å². The van der Waals surface area contributed by atoms with Gasteiger partial charge in [0, 0.05) is 0 Å². The predicted molar refractivity (Wildman–Crippen MR) is 68.3 cm³/mol. The van der Waals surface area contributed by atoms with Crippen LogP contribution in [0.25, 0.3) is 0 Å². The number of carbonyl (C=O) groups is 1. The fourth-order valence-corrected chi connectivity index (χ4v) is 1.53. The van der Waals surface area contributed by atoms with Gasteiger partial charge in [0.25, 0.3) is 0 Å². The molecule has 0 saturated carbocycles. The summed E-state index contributed by atoms with van der Waals surface area (Å²) >= 11 is 0. The minimum atomic E-state index is -0.344. The molecule has 0 heterocycles. The molecule has 0 aromatic heterocycles. The van der Waals surface area contributed by atoms with E-state index in [2.05, 4.69) is 20.8 Å². The summed E-state index contributed by atoms with van der Waals surface area (Å²) in [6.45, 7) is 12.4. The summed E-state index contributed by atoms with van der Waals surface area (Å²) in [4.78, 5) is 11.9. The molecule has 1 atom stereocenters. The highest BCUT2D eigenvalue weighted by atomic mass is 16.5. The lowest BCUT2D eigenvalue weighted by atomic mass is 9.90. The standard InChI is InChI=1S/C14H28O2/c1-7-9-12(10-11(3)4)16-13(15)14(5,6)8-2/h11-12H,7-10H2,1-6H3. The van der Waals surface area contributed by atoms with Crippen molar-refractivity contribution in [3.63, 3.8) is 0 Å². The Morgan fingerprint density at radius 2 is 1.81 bits per heavy atom. The van der Waals surface area contributed by atoms with Crippen LogP contribution in [0.2, 0.25) is 0 Å². The van der Waals surface area contributed by atoms with Crippen molar-refractivity contribution in [1.29, 1.82) is 0 Å². The average Bonchev–Trinajstić information content (AvgIpc) is 2.17. The number of carbonyl (C=O) groups excluding carboxylic acids is 1. The first-order valence-corrected chi connectivity index (χ1v) is 6.54. The Hall–Kier alpha value is -0.530. The number of hydrogen-bond acceptors (Lipinski definition) is 2. The van der Waals surface area contributed by atoms with Gasteiger partial charge in [-0.1, -0.05) is 34.1 Å². The van der Waals surface area contributed by atoms with E-state index in [1.54, 1.807) is 0 Å². The highest BCUT2D eigenvalue weighted by molar-refractivity contribution is 5.75. The van der Waals surface area contributed by atoms with Gasteiger partial charge >= 0.3 is 5.97 Å². The van der Waals surface area contributed by atoms with Crippen molar-refractivity contribution in [2.45, 2.75) is 73.3 Å². The van der Waals surface area contributed by atoms with E-state index >= 15 is 0 Å². The first-order chi connectivity index (χ1) is 7.33. The molecule has 0 aromatic rings. The summed E-state index contributed by atoms with van der Waals surface area (Å²) in [5.41, 5.74) is -0.344. The smallest absolute Gasteiger partial charge is 0.311 e. The summed E-state index contributed by atoms with van der Waals surface area (Å²) in [6.07, 6.45) is 3.94. The van der Waals surface area contributed by atoms with Crippen molar-refractivity contribution in [3.05, 3.63) is 0 Å². The number of ether oxygens (including phenoxy) is 1. The number of hydrogen-bond donors (Lipinski definition) is 0. The molecule has 0 fully saturated rings. The summed E-state index contributed by atoms with van der Waals surface area (Å²) in [5, 5.41) is 0. The molecule has 16 heavy (non-hydrogen) atoms. The third kappa shape index (κ3) is 5.53. The van der Waals surface area contributed by atoms with E-state index < -0.39 is 0 Å². The normalized spacial score (nSPS) is 13.9. The van der Waals surface area contributed by atoms with Gasteiger partial charge in [0.15, 0.2) is 0 Å². The van der Waals surface area contributed by atoms with Gasteiger partial charge in [0.05, 0.1) is 5.41 Å². The van der Waals surface area contributed by atoms with Crippen LogP contribution in [0.1, 0.15) is 67.2 Å². The van der Waals surface area contributed by atoms with E-state index in [0.29, 0.717) is 5.92 Å². The maximum atomic E-state index is 11.9. The molecule has 0 rings (SSSR count). The molecule has 0 spiro atoms. The third-order valence-corrected chi connectivity index (χ3v) is 3.06. The van der Waals surface area contributed by atoms with Crippen LogP contribution >= 0.6 is 0 Å². The number of esters is 1. The average molecular weight is 228 g/mol. The summed E-state index contributed by atoms with van der Waals surface area (Å²) in [6, 6.07) is 0. The Kier molecular flexibility index (Phi) is 6.70. The van der Waals surface area contributed by atoms with Crippen LogP contribution in [0.5, 0.6) is 0 Å². The van der Waals surface area contributed by atoms with E-state index in [4.69, 9.17) is 4.74 Å². The van der Waals surface area contributed by atoms with Gasteiger partial charge < -0.3 is 4.74 Å². The fourth-order valence-electron chi connectivity index (χ4n) is 1.53. The summed E-state index contributed by atoms with van der Waals surface area (Å²) in [5.74, 6) is 0.531. The molecule has 96 valence electrons. The van der Waals surface area contributed by atoms with Crippen molar-refractivity contribution in [1.82, 2.24) is 0 Å². The van der Waals surface area contributed by atoms with Gasteiger partial charge in [0.2, 0.25) is 0 Å². The summed E-state index contributed by atoms with van der Waals surface area (Å²) in [7, 11) is 0. The molecule has 0 amide bonds. The van der Waals surface area contributed by atoms with Crippen molar-refractivity contribution in [3.8, 4) is 0 Å². The largest absolute Gasteiger partial charge is 0.462 e. The lowest BCUT2D eigenvalue weighted by molar-refractivity contribution is -0.160. The molecular formula is C14H28O2. The second kappa shape index (κ2) is 6.93. The van der Waals surface area contributed by atoms with E-state index in [1.807, 2.05) is 20.8 Å². The van der Waals surface area contributed by atoms with Gasteiger partial charge in [0.1, 0.15) is 6.10 Å². The van der Waals surface area contributed by atoms with E-state index in [1.165, 1.54) is 0 Å². The Bertz CT molecular complexity index is 207. The van der Waals surface area contributed by atoms with Crippen molar-refractivity contribution >= 4 is 5.97 Å². The van der Waals surface area contributed by atoms with Crippen molar-refractivity contribution < 1.29 is 9.53 Å². The third-order valence-electron chi connectivity index (χ3n) is 3.06. The van der Waals surface area contributed by atoms with Gasteiger partial charge in [-0.25, -0.2) is 0 Å². The molecule has 0 radical (unpaired) electrons. The molecular weight excluding hydrogens is 200 g/mol. The quantitative estimate of drug-likeness (QED) is 0.611. The molecule has 0 aliphatic carbocycles. The maximum absolute atomic E-state index is 11.9. The highest BCUT2D eigenvalue weighted by Crippen LogP contribution is 2.24. The van der Waals surface area contributed by atoms with Gasteiger partial charge in [-0.05, 0) is 39.0 Å². The van der Waals surface area contributed by atoms with Crippen LogP contribution < -0.4 is 0 Å². The lowest BCUT2D eigenvalue weighted by Gasteiger charge is -2.26. The Morgan fingerprint density at radius 3 is 2.19 bits per heavy atom. The van der Waals surface area contributed by atoms with Crippen molar-refractivity contribution in [2.75, 3.05) is 0 Å². The van der Waals surface area contributed by atoms with Crippen LogP contribution in [0.15, 0.2) is 0 Å². The van der Waals surface area contributed by atoms with E-state index in [-0.39, 0.29) is 17.5 Å². The molecule has 0 aliphatic heterocycles. The first kappa shape index (κ1) is 15.5. The second-order valence-corrected chi connectivity index (χ2v) is 5.68. The zero-order valence-corrected chi connectivity index (χ0v) is 11.8. The van der Waals surface area contributed by atoms with Gasteiger partial charge in [-0.15, -0.1) is 0 Å². The van der Waals surface area contributed by atoms with Gasteiger partial charge in [-0.2, -0.15) is 0 Å². The molecule has 0 bridgehead atoms. The lowest BCUT2D eigenvalue weighted by Crippen LogP contribution is -2.30. The van der Waals surface area contributed by atoms with Crippen molar-refractivity contribution in [2.24, 2.45) is 11.3 Å². The Morgan fingerprint density at radius 1 is 1.25 bits per heavy atom. The molecule has 0 aliphatic rings. The fraction of sp³-hybridized carbons (Fsp3) is 0.929. The minimum Gasteiger partial charge on any atom is -0.462 e. The molecule has 0 aromatic carbocycles. The zero-order valence-electron chi connectivity index (χ0n) is 11.8. The number of rotatable bonds is 7. The molecule has 0 saturated heterocycles. The van der Waals surface area contributed by atoms with Crippen LogP contribution in [-0.2, 0) is 9.53 Å². The monoisotopic (exact) mass is 228 g/mol. The minimum absolute atomic E-state index is 0.0471. The Balaban J connectivity index is 4.33. The SMILES string of the molecule is CCCC(CC(C)C)OC(=O)C(C)(C)CC. The van der Waals surface area contributed by atoms with Crippen LogP contribution in [0.4, 0.5) is 0 Å².